The van der Waals surface area contributed by atoms with E-state index in [1.165, 1.54) is 11.1 Å². The number of rotatable bonds is 7. The maximum Gasteiger partial charge on any atom is 0.191 e. The van der Waals surface area contributed by atoms with Crippen LogP contribution < -0.4 is 0 Å². The maximum absolute atomic E-state index is 6.34. The molecule has 0 fully saturated rings. The highest BCUT2D eigenvalue weighted by atomic mass is 28.4. The van der Waals surface area contributed by atoms with Crippen LogP contribution in [0.2, 0.25) is 19.1 Å². The zero-order valence-corrected chi connectivity index (χ0v) is 12.8. The quantitative estimate of drug-likeness (QED) is 0.494. The zero-order valence-electron chi connectivity index (χ0n) is 11.8. The monoisotopic (exact) mass is 260 g/mol. The van der Waals surface area contributed by atoms with Crippen molar-refractivity contribution in [2.75, 3.05) is 0 Å². The second-order valence-electron chi connectivity index (χ2n) is 5.29. The average molecular weight is 260 g/mol. The van der Waals surface area contributed by atoms with Gasteiger partial charge in [0.15, 0.2) is 8.32 Å². The number of allylic oxidation sites excluding steroid dienone is 1. The van der Waals surface area contributed by atoms with E-state index in [2.05, 4.69) is 57.4 Å². The predicted molar refractivity (Wildman–Crippen MR) is 82.3 cm³/mol. The van der Waals surface area contributed by atoms with Gasteiger partial charge in [-0.15, -0.1) is 13.2 Å². The van der Waals surface area contributed by atoms with Crippen LogP contribution in [0.25, 0.3) is 0 Å². The second kappa shape index (κ2) is 6.71. The highest BCUT2D eigenvalue weighted by Crippen LogP contribution is 2.28. The molecule has 0 aliphatic rings. The summed E-state index contributed by atoms with van der Waals surface area (Å²) < 4.78 is 6.34. The van der Waals surface area contributed by atoms with Gasteiger partial charge in [0, 0.05) is 0 Å². The summed E-state index contributed by atoms with van der Waals surface area (Å²) in [6, 6.07) is 9.56. The number of hydrogen-bond donors (Lipinski definition) is 0. The van der Waals surface area contributed by atoms with Gasteiger partial charge in [0.2, 0.25) is 0 Å². The van der Waals surface area contributed by atoms with E-state index in [4.69, 9.17) is 4.43 Å². The van der Waals surface area contributed by atoms with Gasteiger partial charge >= 0.3 is 0 Å². The lowest BCUT2D eigenvalue weighted by Crippen LogP contribution is -2.31. The number of aryl methyl sites for hydroxylation is 1. The van der Waals surface area contributed by atoms with E-state index in [1.54, 1.807) is 0 Å². The summed E-state index contributed by atoms with van der Waals surface area (Å²) in [5.74, 6) is 0. The third kappa shape index (κ3) is 4.63. The molecule has 0 aliphatic carbocycles. The lowest BCUT2D eigenvalue weighted by Gasteiger charge is -2.28. The van der Waals surface area contributed by atoms with Crippen molar-refractivity contribution in [2.45, 2.75) is 38.6 Å². The van der Waals surface area contributed by atoms with Crippen molar-refractivity contribution in [3.63, 3.8) is 0 Å². The van der Waals surface area contributed by atoms with Crippen molar-refractivity contribution in [3.8, 4) is 0 Å². The fourth-order valence-corrected chi connectivity index (χ4v) is 3.76. The lowest BCUT2D eigenvalue weighted by molar-refractivity contribution is 0.199. The number of benzene rings is 1. The molecule has 0 heterocycles. The normalized spacial score (nSPS) is 13.1. The summed E-state index contributed by atoms with van der Waals surface area (Å²) in [5, 5.41) is 0. The molecule has 0 bridgehead atoms. The van der Waals surface area contributed by atoms with Crippen LogP contribution in [0.5, 0.6) is 0 Å². The first-order valence-corrected chi connectivity index (χ1v) is 9.56. The third-order valence-electron chi connectivity index (χ3n) is 2.93. The van der Waals surface area contributed by atoms with Gasteiger partial charge in [0.05, 0.1) is 6.10 Å². The molecular formula is C16H24OSi. The van der Waals surface area contributed by atoms with Crippen LogP contribution in [0.1, 0.15) is 23.7 Å². The Morgan fingerprint density at radius 3 is 2.28 bits per heavy atom. The van der Waals surface area contributed by atoms with E-state index >= 15 is 0 Å². The standard InChI is InChI=1S/C16H24OSi/c1-6-8-16(17-18(4,5)13-7-2)15-11-9-14(3)10-12-15/h6-7,9-12,16H,1-2,8,13H2,3-5H3. The summed E-state index contributed by atoms with van der Waals surface area (Å²) in [7, 11) is -1.67. The van der Waals surface area contributed by atoms with Gasteiger partial charge in [-0.05, 0) is 38.0 Å². The Bertz CT molecular complexity index is 392. The van der Waals surface area contributed by atoms with Crippen molar-refractivity contribution >= 4 is 8.32 Å². The van der Waals surface area contributed by atoms with Crippen LogP contribution in [-0.4, -0.2) is 8.32 Å². The van der Waals surface area contributed by atoms with Gasteiger partial charge < -0.3 is 4.43 Å². The van der Waals surface area contributed by atoms with E-state index in [0.717, 1.165) is 12.5 Å². The minimum atomic E-state index is -1.67. The molecule has 1 unspecified atom stereocenters. The topological polar surface area (TPSA) is 9.23 Å². The van der Waals surface area contributed by atoms with E-state index in [-0.39, 0.29) is 6.10 Å². The largest absolute Gasteiger partial charge is 0.410 e. The van der Waals surface area contributed by atoms with Crippen molar-refractivity contribution in [3.05, 3.63) is 60.7 Å². The molecule has 0 N–H and O–H groups in total. The van der Waals surface area contributed by atoms with Crippen molar-refractivity contribution in [2.24, 2.45) is 0 Å². The van der Waals surface area contributed by atoms with Crippen LogP contribution in [0.4, 0.5) is 0 Å². The molecule has 0 radical (unpaired) electrons. The smallest absolute Gasteiger partial charge is 0.191 e. The van der Waals surface area contributed by atoms with E-state index in [9.17, 15) is 0 Å². The molecule has 0 aliphatic heterocycles. The summed E-state index contributed by atoms with van der Waals surface area (Å²) >= 11 is 0. The molecule has 1 nitrogen and oxygen atoms in total. The Hall–Kier alpha value is -1.12. The average Bonchev–Trinajstić information content (AvgIpc) is 2.29. The summed E-state index contributed by atoms with van der Waals surface area (Å²) in [4.78, 5) is 0. The Kier molecular flexibility index (Phi) is 5.57. The van der Waals surface area contributed by atoms with Crippen LogP contribution in [-0.2, 0) is 4.43 Å². The highest BCUT2D eigenvalue weighted by molar-refractivity contribution is 6.71. The molecule has 0 saturated heterocycles. The SMILES string of the molecule is C=CCC(O[Si](C)(C)CC=C)c1ccc(C)cc1. The van der Waals surface area contributed by atoms with Gasteiger partial charge in [-0.3, -0.25) is 0 Å². The maximum atomic E-state index is 6.34. The molecule has 1 atom stereocenters. The van der Waals surface area contributed by atoms with Gasteiger partial charge in [0.25, 0.3) is 0 Å². The summed E-state index contributed by atoms with van der Waals surface area (Å²) in [5.41, 5.74) is 2.52. The molecule has 18 heavy (non-hydrogen) atoms. The van der Waals surface area contributed by atoms with E-state index in [1.807, 2.05) is 12.2 Å². The highest BCUT2D eigenvalue weighted by Gasteiger charge is 2.25. The third-order valence-corrected chi connectivity index (χ3v) is 5.12. The molecular weight excluding hydrogens is 236 g/mol. The first-order chi connectivity index (χ1) is 8.48. The molecule has 98 valence electrons. The van der Waals surface area contributed by atoms with Crippen LogP contribution in [0.15, 0.2) is 49.6 Å². The Morgan fingerprint density at radius 1 is 1.17 bits per heavy atom. The van der Waals surface area contributed by atoms with Gasteiger partial charge in [-0.25, -0.2) is 0 Å². The number of hydrogen-bond acceptors (Lipinski definition) is 1. The summed E-state index contributed by atoms with van der Waals surface area (Å²) in [6.07, 6.45) is 4.89. The van der Waals surface area contributed by atoms with Gasteiger partial charge in [0.1, 0.15) is 0 Å². The molecule has 1 rings (SSSR count). The second-order valence-corrected chi connectivity index (χ2v) is 9.46. The minimum Gasteiger partial charge on any atom is -0.410 e. The van der Waals surface area contributed by atoms with Gasteiger partial charge in [-0.1, -0.05) is 42.0 Å². The van der Waals surface area contributed by atoms with Crippen molar-refractivity contribution in [1.82, 2.24) is 0 Å². The van der Waals surface area contributed by atoms with Crippen molar-refractivity contribution < 1.29 is 4.43 Å². The van der Waals surface area contributed by atoms with Crippen molar-refractivity contribution in [1.29, 1.82) is 0 Å². The molecule has 0 amide bonds. The predicted octanol–water partition coefficient (Wildman–Crippen LogP) is 5.02. The minimum absolute atomic E-state index is 0.129. The first-order valence-electron chi connectivity index (χ1n) is 6.44. The molecule has 2 heteroatoms. The van der Waals surface area contributed by atoms with Crippen LogP contribution >= 0.6 is 0 Å². The van der Waals surface area contributed by atoms with E-state index < -0.39 is 8.32 Å². The zero-order chi connectivity index (χ0) is 13.6. The first kappa shape index (κ1) is 14.9. The summed E-state index contributed by atoms with van der Waals surface area (Å²) in [6.45, 7) is 14.2. The molecule has 1 aromatic rings. The molecule has 1 aromatic carbocycles. The van der Waals surface area contributed by atoms with Gasteiger partial charge in [-0.2, -0.15) is 0 Å². The van der Waals surface area contributed by atoms with Crippen LogP contribution in [0.3, 0.4) is 0 Å². The Balaban J connectivity index is 2.85. The fraction of sp³-hybridized carbons (Fsp3) is 0.375. The Morgan fingerprint density at radius 2 is 1.78 bits per heavy atom. The Labute approximate surface area is 112 Å². The van der Waals surface area contributed by atoms with E-state index in [0.29, 0.717) is 0 Å². The van der Waals surface area contributed by atoms with Crippen LogP contribution in [0, 0.1) is 6.92 Å². The molecule has 0 spiro atoms. The fourth-order valence-electron chi connectivity index (χ4n) is 1.97. The molecule has 0 aromatic heterocycles. The lowest BCUT2D eigenvalue weighted by atomic mass is 10.1. The molecule has 0 saturated carbocycles.